The Morgan fingerprint density at radius 2 is 2.12 bits per heavy atom. The monoisotopic (exact) mass is 450 g/mol. The summed E-state index contributed by atoms with van der Waals surface area (Å²) in [7, 11) is 3.23. The maximum atomic E-state index is 12.5. The fourth-order valence-electron chi connectivity index (χ4n) is 3.90. The highest BCUT2D eigenvalue weighted by Crippen LogP contribution is 2.30. The molecule has 2 aromatic carbocycles. The molecule has 0 radical (unpaired) electrons. The van der Waals surface area contributed by atoms with Crippen molar-refractivity contribution in [2.45, 2.75) is 25.0 Å². The maximum Gasteiger partial charge on any atom is 0.419 e. The zero-order valence-corrected chi connectivity index (χ0v) is 18.6. The number of methoxy groups -OCH3 is 1. The molecule has 0 bridgehead atoms. The van der Waals surface area contributed by atoms with Crippen molar-refractivity contribution in [3.8, 4) is 22.9 Å². The van der Waals surface area contributed by atoms with Gasteiger partial charge >= 0.3 is 5.76 Å². The maximum absolute atomic E-state index is 12.5. The van der Waals surface area contributed by atoms with Gasteiger partial charge in [-0.3, -0.25) is 9.36 Å². The lowest BCUT2D eigenvalue weighted by molar-refractivity contribution is -0.132. The molecule has 2 heterocycles. The van der Waals surface area contributed by atoms with Gasteiger partial charge in [-0.05, 0) is 47.9 Å². The molecule has 1 saturated heterocycles. The van der Waals surface area contributed by atoms with Crippen molar-refractivity contribution in [3.63, 3.8) is 0 Å². The summed E-state index contributed by atoms with van der Waals surface area (Å²) in [6, 6.07) is 12.6. The fraction of sp³-hybridized carbons (Fsp3) is 0.375. The molecule has 3 aromatic rings. The van der Waals surface area contributed by atoms with Gasteiger partial charge in [-0.1, -0.05) is 18.2 Å². The standard InChI is InChI=1S/C24H26N4O5/c1-28-19-11-15(6-7-20(19)33-24(28)30)16-4-5-17(21(12-16)31-2)10-18(13-25)27-23(29)22-14-26-8-3-9-32-22/h4-7,11-12,18,22,26H,3,8-10,14H2,1-2H3,(H,27,29)/t18?,22-/m0/s1. The van der Waals surface area contributed by atoms with Crippen LogP contribution in [0.2, 0.25) is 0 Å². The molecule has 0 saturated carbocycles. The molecule has 1 aliphatic rings. The van der Waals surface area contributed by atoms with Crippen molar-refractivity contribution < 1.29 is 18.7 Å². The quantitative estimate of drug-likeness (QED) is 0.587. The number of aromatic nitrogens is 1. The number of carbonyl (C=O) groups is 1. The summed E-state index contributed by atoms with van der Waals surface area (Å²) in [5.74, 6) is -0.106. The zero-order valence-electron chi connectivity index (χ0n) is 18.6. The second kappa shape index (κ2) is 9.90. The van der Waals surface area contributed by atoms with Gasteiger partial charge in [0.2, 0.25) is 0 Å². The Hall–Kier alpha value is -3.61. The third-order valence-electron chi connectivity index (χ3n) is 5.75. The largest absolute Gasteiger partial charge is 0.496 e. The van der Waals surface area contributed by atoms with E-state index in [0.717, 1.165) is 29.7 Å². The minimum Gasteiger partial charge on any atom is -0.496 e. The molecular weight excluding hydrogens is 424 g/mol. The van der Waals surface area contributed by atoms with Crippen molar-refractivity contribution in [3.05, 3.63) is 52.5 Å². The van der Waals surface area contributed by atoms with E-state index in [2.05, 4.69) is 16.7 Å². The molecule has 9 heteroatoms. The number of hydrogen-bond donors (Lipinski definition) is 2. The van der Waals surface area contributed by atoms with Crippen LogP contribution in [0.1, 0.15) is 12.0 Å². The molecule has 1 unspecified atom stereocenters. The summed E-state index contributed by atoms with van der Waals surface area (Å²) in [6.07, 6.45) is 0.529. The van der Waals surface area contributed by atoms with Crippen molar-refractivity contribution in [1.82, 2.24) is 15.2 Å². The lowest BCUT2D eigenvalue weighted by atomic mass is 9.99. The van der Waals surface area contributed by atoms with E-state index >= 15 is 0 Å². The summed E-state index contributed by atoms with van der Waals surface area (Å²) >= 11 is 0. The molecule has 172 valence electrons. The number of nitrogens with one attached hydrogen (secondary N) is 2. The third kappa shape index (κ3) is 4.92. The van der Waals surface area contributed by atoms with Gasteiger partial charge in [-0.2, -0.15) is 5.26 Å². The Morgan fingerprint density at radius 3 is 2.91 bits per heavy atom. The predicted molar refractivity (Wildman–Crippen MR) is 122 cm³/mol. The summed E-state index contributed by atoms with van der Waals surface area (Å²) < 4.78 is 17.8. The Labute approximate surface area is 190 Å². The van der Waals surface area contributed by atoms with Crippen LogP contribution in [0.4, 0.5) is 0 Å². The first-order valence-corrected chi connectivity index (χ1v) is 10.8. The van der Waals surface area contributed by atoms with Crippen LogP contribution in [-0.4, -0.2) is 49.4 Å². The molecule has 9 nitrogen and oxygen atoms in total. The molecule has 33 heavy (non-hydrogen) atoms. The van der Waals surface area contributed by atoms with Crippen LogP contribution < -0.4 is 21.1 Å². The van der Waals surface area contributed by atoms with E-state index in [9.17, 15) is 14.9 Å². The first-order chi connectivity index (χ1) is 16.0. The number of nitrogens with zero attached hydrogens (tertiary/aromatic N) is 2. The second-order valence-electron chi connectivity index (χ2n) is 7.95. The van der Waals surface area contributed by atoms with E-state index in [1.54, 1.807) is 20.2 Å². The third-order valence-corrected chi connectivity index (χ3v) is 5.75. The van der Waals surface area contributed by atoms with E-state index in [-0.39, 0.29) is 5.91 Å². The van der Waals surface area contributed by atoms with Gasteiger partial charge in [0.05, 0.1) is 18.7 Å². The number of benzene rings is 2. The molecule has 2 atom stereocenters. The van der Waals surface area contributed by atoms with E-state index in [0.29, 0.717) is 36.4 Å². The summed E-state index contributed by atoms with van der Waals surface area (Å²) in [5, 5.41) is 15.6. The fourth-order valence-corrected chi connectivity index (χ4v) is 3.90. The van der Waals surface area contributed by atoms with Crippen molar-refractivity contribution in [1.29, 1.82) is 5.26 Å². The molecule has 1 aromatic heterocycles. The van der Waals surface area contributed by atoms with Gasteiger partial charge in [0.25, 0.3) is 5.91 Å². The van der Waals surface area contributed by atoms with Crippen molar-refractivity contribution in [2.75, 3.05) is 26.8 Å². The van der Waals surface area contributed by atoms with Gasteiger partial charge in [0.15, 0.2) is 5.58 Å². The van der Waals surface area contributed by atoms with Crippen molar-refractivity contribution in [2.24, 2.45) is 7.05 Å². The topological polar surface area (TPSA) is 119 Å². The summed E-state index contributed by atoms with van der Waals surface area (Å²) in [6.45, 7) is 1.74. The van der Waals surface area contributed by atoms with Gasteiger partial charge in [0, 0.05) is 26.6 Å². The Bertz CT molecular complexity index is 1250. The molecule has 1 aliphatic heterocycles. The van der Waals surface area contributed by atoms with Crippen LogP contribution in [0.3, 0.4) is 0 Å². The van der Waals surface area contributed by atoms with Crippen LogP contribution in [0.25, 0.3) is 22.2 Å². The smallest absolute Gasteiger partial charge is 0.419 e. The highest BCUT2D eigenvalue weighted by Gasteiger charge is 2.24. The minimum absolute atomic E-state index is 0.293. The number of ether oxygens (including phenoxy) is 2. The van der Waals surface area contributed by atoms with Crippen LogP contribution >= 0.6 is 0 Å². The van der Waals surface area contributed by atoms with Gasteiger partial charge in [-0.15, -0.1) is 0 Å². The molecular formula is C24H26N4O5. The number of rotatable bonds is 6. The number of amides is 1. The first-order valence-electron chi connectivity index (χ1n) is 10.8. The Morgan fingerprint density at radius 1 is 1.33 bits per heavy atom. The van der Waals surface area contributed by atoms with Crippen LogP contribution in [-0.2, 0) is 23.0 Å². The average molecular weight is 450 g/mol. The number of fused-ring (bicyclic) bond motifs is 1. The highest BCUT2D eigenvalue weighted by molar-refractivity contribution is 5.82. The number of aryl methyl sites for hydroxylation is 1. The molecule has 4 rings (SSSR count). The van der Waals surface area contributed by atoms with E-state index in [1.165, 1.54) is 4.57 Å². The van der Waals surface area contributed by atoms with Gasteiger partial charge < -0.3 is 24.5 Å². The molecule has 0 spiro atoms. The molecule has 0 aliphatic carbocycles. The zero-order chi connectivity index (χ0) is 23.4. The second-order valence-corrected chi connectivity index (χ2v) is 7.95. The highest BCUT2D eigenvalue weighted by atomic mass is 16.5. The normalized spacial score (nSPS) is 17.2. The number of hydrogen-bond acceptors (Lipinski definition) is 7. The minimum atomic E-state index is -0.721. The van der Waals surface area contributed by atoms with E-state index < -0.39 is 17.9 Å². The SMILES string of the molecule is COc1cc(-c2ccc3oc(=O)n(C)c3c2)ccc1CC(C#N)NC(=O)[C@@H]1CNCCCO1. The van der Waals surface area contributed by atoms with Crippen LogP contribution in [0.5, 0.6) is 5.75 Å². The predicted octanol–water partition coefficient (Wildman–Crippen LogP) is 1.74. The molecule has 2 N–H and O–H groups in total. The van der Waals surface area contributed by atoms with E-state index in [1.807, 2.05) is 30.3 Å². The Balaban J connectivity index is 1.52. The Kier molecular flexibility index (Phi) is 6.77. The lowest BCUT2D eigenvalue weighted by Crippen LogP contribution is -2.46. The number of carbonyl (C=O) groups excluding carboxylic acids is 1. The van der Waals surface area contributed by atoms with Gasteiger partial charge in [0.1, 0.15) is 17.9 Å². The first kappa shape index (κ1) is 22.6. The number of oxazole rings is 1. The van der Waals surface area contributed by atoms with Crippen molar-refractivity contribution >= 4 is 17.0 Å². The van der Waals surface area contributed by atoms with Gasteiger partial charge in [-0.25, -0.2) is 4.79 Å². The van der Waals surface area contributed by atoms with Crippen LogP contribution in [0, 0.1) is 11.3 Å². The average Bonchev–Trinajstić information content (AvgIpc) is 3.01. The van der Waals surface area contributed by atoms with Crippen LogP contribution in [0.15, 0.2) is 45.6 Å². The lowest BCUT2D eigenvalue weighted by Gasteiger charge is -2.19. The summed E-state index contributed by atoms with van der Waals surface area (Å²) in [5.41, 5.74) is 3.80. The number of nitriles is 1. The molecule has 1 amide bonds. The van der Waals surface area contributed by atoms with E-state index in [4.69, 9.17) is 13.9 Å². The molecule has 1 fully saturated rings. The summed E-state index contributed by atoms with van der Waals surface area (Å²) in [4.78, 5) is 24.3.